The number of anilines is 1. The van der Waals surface area contributed by atoms with Crippen LogP contribution in [0.15, 0.2) is 53.4 Å². The molecular weight excluding hydrogens is 410 g/mol. The average molecular weight is 442 g/mol. The van der Waals surface area contributed by atoms with Gasteiger partial charge in [-0.05, 0) is 61.3 Å². The Morgan fingerprint density at radius 1 is 1.16 bits per heavy atom. The largest absolute Gasteiger partial charge is 0.384 e. The molecule has 7 heteroatoms. The second kappa shape index (κ2) is 9.40. The monoisotopic (exact) mass is 441 g/mol. The molecule has 0 radical (unpaired) electrons. The fourth-order valence-electron chi connectivity index (χ4n) is 4.33. The van der Waals surface area contributed by atoms with Gasteiger partial charge in [-0.2, -0.15) is 4.72 Å². The summed E-state index contributed by atoms with van der Waals surface area (Å²) in [5.74, 6) is 0.480. The van der Waals surface area contributed by atoms with E-state index in [0.717, 1.165) is 42.6 Å². The van der Waals surface area contributed by atoms with Crippen LogP contribution >= 0.6 is 0 Å². The van der Waals surface area contributed by atoms with Crippen molar-refractivity contribution in [2.75, 3.05) is 25.0 Å². The van der Waals surface area contributed by atoms with Gasteiger partial charge in [0, 0.05) is 25.3 Å². The van der Waals surface area contributed by atoms with E-state index in [2.05, 4.69) is 17.0 Å². The van der Waals surface area contributed by atoms with Crippen molar-refractivity contribution in [2.24, 2.45) is 5.92 Å². The third-order valence-electron chi connectivity index (χ3n) is 6.36. The molecule has 2 aliphatic rings. The van der Waals surface area contributed by atoms with Crippen LogP contribution in [0, 0.1) is 5.92 Å². The van der Waals surface area contributed by atoms with Crippen LogP contribution in [-0.2, 0) is 27.7 Å². The van der Waals surface area contributed by atoms with Gasteiger partial charge in [0.2, 0.25) is 15.9 Å². The van der Waals surface area contributed by atoms with Crippen LogP contribution in [0.5, 0.6) is 0 Å². The number of amides is 1. The van der Waals surface area contributed by atoms with Crippen molar-refractivity contribution in [3.63, 3.8) is 0 Å². The van der Waals surface area contributed by atoms with E-state index in [4.69, 9.17) is 0 Å². The molecule has 1 fully saturated rings. The zero-order valence-corrected chi connectivity index (χ0v) is 18.8. The molecule has 2 aromatic rings. The molecule has 1 atom stereocenters. The van der Waals surface area contributed by atoms with Crippen LogP contribution in [0.2, 0.25) is 0 Å². The van der Waals surface area contributed by atoms with Gasteiger partial charge in [-0.25, -0.2) is 8.42 Å². The smallest absolute Gasteiger partial charge is 0.241 e. The lowest BCUT2D eigenvalue weighted by Gasteiger charge is -2.33. The van der Waals surface area contributed by atoms with Crippen molar-refractivity contribution in [2.45, 2.75) is 50.0 Å². The van der Waals surface area contributed by atoms with E-state index in [1.54, 1.807) is 12.1 Å². The van der Waals surface area contributed by atoms with Crippen LogP contribution in [0.3, 0.4) is 0 Å². The summed E-state index contributed by atoms with van der Waals surface area (Å²) in [6.45, 7) is 4.38. The van der Waals surface area contributed by atoms with Gasteiger partial charge in [0.05, 0.1) is 4.90 Å². The van der Waals surface area contributed by atoms with E-state index in [0.29, 0.717) is 31.8 Å². The predicted molar refractivity (Wildman–Crippen MR) is 122 cm³/mol. The SMILES string of the molecule is CC1CCN(C(=O)[C@@H](CCc2ccccc2)NS(=O)(=O)c2ccc3c(c2)NCC3)CC1. The average Bonchev–Trinajstić information content (AvgIpc) is 3.25. The van der Waals surface area contributed by atoms with Gasteiger partial charge in [-0.15, -0.1) is 0 Å². The van der Waals surface area contributed by atoms with E-state index >= 15 is 0 Å². The van der Waals surface area contributed by atoms with E-state index in [-0.39, 0.29) is 10.8 Å². The Morgan fingerprint density at radius 2 is 1.90 bits per heavy atom. The summed E-state index contributed by atoms with van der Waals surface area (Å²) < 4.78 is 29.1. The second-order valence-electron chi connectivity index (χ2n) is 8.70. The first-order valence-electron chi connectivity index (χ1n) is 11.1. The van der Waals surface area contributed by atoms with Gasteiger partial charge in [-0.1, -0.05) is 43.3 Å². The highest BCUT2D eigenvalue weighted by Crippen LogP contribution is 2.26. The highest BCUT2D eigenvalue weighted by molar-refractivity contribution is 7.89. The standard InChI is InChI=1S/C24H31N3O3S/c1-18-12-15-27(16-13-18)24(28)22(10-7-19-5-3-2-4-6-19)26-31(29,30)21-9-8-20-11-14-25-23(20)17-21/h2-6,8-9,17-18,22,25-26H,7,10-16H2,1H3/t22-/m1/s1. The van der Waals surface area contributed by atoms with E-state index in [1.165, 1.54) is 0 Å². The number of nitrogens with zero attached hydrogens (tertiary/aromatic N) is 1. The first kappa shape index (κ1) is 21.8. The molecule has 0 bridgehead atoms. The number of rotatable bonds is 7. The number of hydrogen-bond donors (Lipinski definition) is 2. The summed E-state index contributed by atoms with van der Waals surface area (Å²) in [5.41, 5.74) is 3.08. The molecule has 0 aromatic heterocycles. The summed E-state index contributed by atoms with van der Waals surface area (Å²) in [6.07, 6.45) is 3.88. The quantitative estimate of drug-likeness (QED) is 0.692. The Kier molecular flexibility index (Phi) is 6.62. The predicted octanol–water partition coefficient (Wildman–Crippen LogP) is 3.19. The number of benzene rings is 2. The van der Waals surface area contributed by atoms with Crippen molar-refractivity contribution in [3.8, 4) is 0 Å². The minimum absolute atomic E-state index is 0.120. The Balaban J connectivity index is 1.53. The molecule has 0 aliphatic carbocycles. The molecule has 1 saturated heterocycles. The van der Waals surface area contributed by atoms with Crippen molar-refractivity contribution in [1.82, 2.24) is 9.62 Å². The number of piperidine rings is 1. The van der Waals surface area contributed by atoms with Gasteiger partial charge in [0.1, 0.15) is 6.04 Å². The van der Waals surface area contributed by atoms with Crippen LogP contribution in [0.25, 0.3) is 0 Å². The Labute approximate surface area is 185 Å². The normalized spacial score (nSPS) is 17.8. The number of nitrogens with one attached hydrogen (secondary N) is 2. The van der Waals surface area contributed by atoms with Gasteiger partial charge in [0.25, 0.3) is 0 Å². The van der Waals surface area contributed by atoms with Gasteiger partial charge >= 0.3 is 0 Å². The molecule has 2 aliphatic heterocycles. The molecule has 1 amide bonds. The summed E-state index contributed by atoms with van der Waals surface area (Å²) in [5, 5.41) is 3.22. The minimum atomic E-state index is -3.82. The van der Waals surface area contributed by atoms with Crippen LogP contribution in [-0.4, -0.2) is 44.9 Å². The van der Waals surface area contributed by atoms with Crippen LogP contribution in [0.4, 0.5) is 5.69 Å². The number of aryl methyl sites for hydroxylation is 1. The first-order chi connectivity index (χ1) is 14.9. The number of hydrogen-bond acceptors (Lipinski definition) is 4. The highest BCUT2D eigenvalue weighted by Gasteiger charge is 2.31. The van der Waals surface area contributed by atoms with Crippen molar-refractivity contribution in [3.05, 3.63) is 59.7 Å². The zero-order chi connectivity index (χ0) is 21.8. The van der Waals surface area contributed by atoms with Crippen molar-refractivity contribution >= 4 is 21.6 Å². The van der Waals surface area contributed by atoms with Gasteiger partial charge in [0.15, 0.2) is 0 Å². The third kappa shape index (κ3) is 5.28. The van der Waals surface area contributed by atoms with Crippen molar-refractivity contribution < 1.29 is 13.2 Å². The molecule has 4 rings (SSSR count). The fraction of sp³-hybridized carbons (Fsp3) is 0.458. The molecule has 0 saturated carbocycles. The lowest BCUT2D eigenvalue weighted by Crippen LogP contribution is -2.50. The molecule has 2 aromatic carbocycles. The number of sulfonamides is 1. The maximum Gasteiger partial charge on any atom is 0.241 e. The lowest BCUT2D eigenvalue weighted by atomic mass is 9.98. The van der Waals surface area contributed by atoms with Gasteiger partial charge in [-0.3, -0.25) is 4.79 Å². The van der Waals surface area contributed by atoms with Crippen LogP contribution in [0.1, 0.15) is 37.3 Å². The zero-order valence-electron chi connectivity index (χ0n) is 18.0. The summed E-state index contributed by atoms with van der Waals surface area (Å²) in [7, 11) is -3.82. The van der Waals surface area contributed by atoms with Crippen molar-refractivity contribution in [1.29, 1.82) is 0 Å². The Hall–Kier alpha value is -2.38. The molecule has 0 spiro atoms. The molecule has 6 nitrogen and oxygen atoms in total. The van der Waals surface area contributed by atoms with E-state index in [1.807, 2.05) is 41.3 Å². The summed E-state index contributed by atoms with van der Waals surface area (Å²) in [6, 6.07) is 14.3. The maximum atomic E-state index is 13.3. The third-order valence-corrected chi connectivity index (χ3v) is 7.83. The van der Waals surface area contributed by atoms with Crippen LogP contribution < -0.4 is 10.0 Å². The lowest BCUT2D eigenvalue weighted by molar-refractivity contribution is -0.134. The Bertz CT molecular complexity index is 1020. The summed E-state index contributed by atoms with van der Waals surface area (Å²) >= 11 is 0. The molecule has 0 unspecified atom stereocenters. The van der Waals surface area contributed by atoms with Gasteiger partial charge < -0.3 is 10.2 Å². The Morgan fingerprint density at radius 3 is 2.65 bits per heavy atom. The highest BCUT2D eigenvalue weighted by atomic mass is 32.2. The number of likely N-dealkylation sites (tertiary alicyclic amines) is 1. The molecular formula is C24H31N3O3S. The van der Waals surface area contributed by atoms with E-state index < -0.39 is 16.1 Å². The second-order valence-corrected chi connectivity index (χ2v) is 10.4. The first-order valence-corrected chi connectivity index (χ1v) is 12.6. The summed E-state index contributed by atoms with van der Waals surface area (Å²) in [4.78, 5) is 15.3. The van der Waals surface area contributed by atoms with E-state index in [9.17, 15) is 13.2 Å². The topological polar surface area (TPSA) is 78.5 Å². The molecule has 166 valence electrons. The molecule has 2 heterocycles. The number of carbonyl (C=O) groups is 1. The maximum absolute atomic E-state index is 13.3. The molecule has 2 N–H and O–H groups in total. The number of fused-ring (bicyclic) bond motifs is 1. The minimum Gasteiger partial charge on any atom is -0.384 e. The number of carbonyl (C=O) groups excluding carboxylic acids is 1. The molecule has 31 heavy (non-hydrogen) atoms. The fourth-order valence-corrected chi connectivity index (χ4v) is 5.58.